The topological polar surface area (TPSA) is 55.1 Å². The van der Waals surface area contributed by atoms with Crippen molar-refractivity contribution >= 4 is 29.6 Å². The molecule has 1 N–H and O–H groups in total. The minimum atomic E-state index is -0.424. The summed E-state index contributed by atoms with van der Waals surface area (Å²) in [7, 11) is 0. The van der Waals surface area contributed by atoms with E-state index < -0.39 is 5.82 Å². The fourth-order valence-electron chi connectivity index (χ4n) is 3.09. The summed E-state index contributed by atoms with van der Waals surface area (Å²) in [5.41, 5.74) is 4.96. The number of hydrogen-bond acceptors (Lipinski definition) is 4. The molecular formula is C21H21ClFN5. The standard InChI is InChI=1S/C21H20FN5.ClH/c1-3-6-18-20(26-19-7-4-5-10-27(18)19)15-11-17(22)21(24-12-15)25-16-9-8-14(2)23-13-16;/h4-5,7-13H,3,6H2,1-2H3,(H,24,25);1H. The van der Waals surface area contributed by atoms with Gasteiger partial charge in [0.1, 0.15) is 5.65 Å². The molecule has 28 heavy (non-hydrogen) atoms. The maximum Gasteiger partial charge on any atom is 0.166 e. The van der Waals surface area contributed by atoms with Crippen molar-refractivity contribution in [2.45, 2.75) is 26.7 Å². The zero-order chi connectivity index (χ0) is 18.8. The first-order chi connectivity index (χ1) is 13.2. The van der Waals surface area contributed by atoms with Crippen molar-refractivity contribution in [1.82, 2.24) is 19.4 Å². The van der Waals surface area contributed by atoms with Crippen molar-refractivity contribution in [2.24, 2.45) is 0 Å². The van der Waals surface area contributed by atoms with Gasteiger partial charge in [-0.3, -0.25) is 4.98 Å². The first kappa shape index (κ1) is 19.8. The first-order valence-corrected chi connectivity index (χ1v) is 8.97. The molecule has 5 nitrogen and oxygen atoms in total. The summed E-state index contributed by atoms with van der Waals surface area (Å²) in [6.45, 7) is 4.02. The Labute approximate surface area is 169 Å². The Morgan fingerprint density at radius 2 is 1.96 bits per heavy atom. The highest BCUT2D eigenvalue weighted by molar-refractivity contribution is 5.85. The van der Waals surface area contributed by atoms with Crippen LogP contribution in [-0.4, -0.2) is 19.4 Å². The number of imidazole rings is 1. The average Bonchev–Trinajstić information content (AvgIpc) is 3.04. The van der Waals surface area contributed by atoms with Crippen LogP contribution < -0.4 is 5.32 Å². The lowest BCUT2D eigenvalue weighted by atomic mass is 10.1. The van der Waals surface area contributed by atoms with Crippen molar-refractivity contribution in [2.75, 3.05) is 5.32 Å². The summed E-state index contributed by atoms with van der Waals surface area (Å²) in [4.78, 5) is 13.2. The lowest BCUT2D eigenvalue weighted by Crippen LogP contribution is -1.99. The van der Waals surface area contributed by atoms with Gasteiger partial charge < -0.3 is 9.72 Å². The molecule has 0 aliphatic carbocycles. The molecule has 0 unspecified atom stereocenters. The van der Waals surface area contributed by atoms with Crippen LogP contribution >= 0.6 is 12.4 Å². The third-order valence-electron chi connectivity index (χ3n) is 4.40. The summed E-state index contributed by atoms with van der Waals surface area (Å²) >= 11 is 0. The number of fused-ring (bicyclic) bond motifs is 1. The normalized spacial score (nSPS) is 10.7. The fraction of sp³-hybridized carbons (Fsp3) is 0.190. The van der Waals surface area contributed by atoms with E-state index in [1.54, 1.807) is 12.4 Å². The third kappa shape index (κ3) is 3.82. The summed E-state index contributed by atoms with van der Waals surface area (Å²) in [5, 5.41) is 2.97. The highest BCUT2D eigenvalue weighted by Gasteiger charge is 2.15. The fourth-order valence-corrected chi connectivity index (χ4v) is 3.09. The van der Waals surface area contributed by atoms with Crippen LogP contribution in [-0.2, 0) is 6.42 Å². The van der Waals surface area contributed by atoms with Crippen LogP contribution in [0, 0.1) is 12.7 Å². The second-order valence-corrected chi connectivity index (χ2v) is 6.45. The number of nitrogens with zero attached hydrogens (tertiary/aromatic N) is 4. The molecule has 4 aromatic rings. The minimum Gasteiger partial charge on any atom is -0.337 e. The summed E-state index contributed by atoms with van der Waals surface area (Å²) in [6, 6.07) is 11.1. The van der Waals surface area contributed by atoms with Crippen molar-refractivity contribution in [1.29, 1.82) is 0 Å². The van der Waals surface area contributed by atoms with Crippen molar-refractivity contribution in [3.8, 4) is 11.3 Å². The Morgan fingerprint density at radius 1 is 1.11 bits per heavy atom. The molecule has 0 spiro atoms. The molecule has 0 fully saturated rings. The predicted molar refractivity (Wildman–Crippen MR) is 112 cm³/mol. The zero-order valence-electron chi connectivity index (χ0n) is 15.7. The van der Waals surface area contributed by atoms with Gasteiger partial charge >= 0.3 is 0 Å². The van der Waals surface area contributed by atoms with Crippen LogP contribution in [0.25, 0.3) is 16.9 Å². The van der Waals surface area contributed by atoms with Gasteiger partial charge in [-0.25, -0.2) is 14.4 Å². The van der Waals surface area contributed by atoms with E-state index in [4.69, 9.17) is 4.98 Å². The number of nitrogens with one attached hydrogen (secondary N) is 1. The van der Waals surface area contributed by atoms with Crippen molar-refractivity contribution < 1.29 is 4.39 Å². The lowest BCUT2D eigenvalue weighted by Gasteiger charge is -2.08. The Balaban J connectivity index is 0.00000225. The number of pyridine rings is 3. The second kappa shape index (κ2) is 8.35. The molecule has 0 atom stereocenters. The average molecular weight is 398 g/mol. The van der Waals surface area contributed by atoms with Gasteiger partial charge in [-0.15, -0.1) is 12.4 Å². The molecule has 4 rings (SSSR count). The maximum atomic E-state index is 14.7. The molecule has 0 amide bonds. The number of aromatic nitrogens is 4. The van der Waals surface area contributed by atoms with Gasteiger partial charge in [0.15, 0.2) is 11.6 Å². The Morgan fingerprint density at radius 3 is 2.68 bits per heavy atom. The van der Waals surface area contributed by atoms with Crippen LogP contribution in [0.15, 0.2) is 55.0 Å². The summed E-state index contributed by atoms with van der Waals surface area (Å²) in [6.07, 6.45) is 7.14. The molecule has 0 aliphatic rings. The summed E-state index contributed by atoms with van der Waals surface area (Å²) < 4.78 is 16.8. The van der Waals surface area contributed by atoms with E-state index in [1.807, 2.05) is 43.5 Å². The largest absolute Gasteiger partial charge is 0.337 e. The smallest absolute Gasteiger partial charge is 0.166 e. The van der Waals surface area contributed by atoms with E-state index in [0.717, 1.165) is 35.6 Å². The molecular weight excluding hydrogens is 377 g/mol. The highest BCUT2D eigenvalue weighted by Crippen LogP contribution is 2.28. The lowest BCUT2D eigenvalue weighted by molar-refractivity contribution is 0.627. The van der Waals surface area contributed by atoms with Gasteiger partial charge in [0.05, 0.1) is 23.3 Å². The molecule has 4 heterocycles. The van der Waals surface area contributed by atoms with Crippen LogP contribution in [0.4, 0.5) is 15.9 Å². The Hall–Kier alpha value is -2.99. The molecule has 0 saturated heterocycles. The molecule has 0 aliphatic heterocycles. The molecule has 0 aromatic carbocycles. The van der Waals surface area contributed by atoms with Crippen LogP contribution in [0.2, 0.25) is 0 Å². The zero-order valence-corrected chi connectivity index (χ0v) is 16.5. The molecule has 4 aromatic heterocycles. The Kier molecular flexibility index (Phi) is 5.90. The van der Waals surface area contributed by atoms with E-state index in [2.05, 4.69) is 26.6 Å². The van der Waals surface area contributed by atoms with Crippen molar-refractivity contribution in [3.63, 3.8) is 0 Å². The van der Waals surface area contributed by atoms with E-state index in [9.17, 15) is 4.39 Å². The summed E-state index contributed by atoms with van der Waals surface area (Å²) in [5.74, 6) is -0.252. The van der Waals surface area contributed by atoms with Gasteiger partial charge in [0, 0.05) is 23.7 Å². The van der Waals surface area contributed by atoms with Crippen LogP contribution in [0.5, 0.6) is 0 Å². The monoisotopic (exact) mass is 397 g/mol. The first-order valence-electron chi connectivity index (χ1n) is 8.97. The molecule has 0 bridgehead atoms. The SMILES string of the molecule is CCCc1c(-c2cnc(Nc3ccc(C)nc3)c(F)c2)nc2ccccn12.Cl. The molecule has 7 heteroatoms. The van der Waals surface area contributed by atoms with Gasteiger partial charge in [-0.1, -0.05) is 19.4 Å². The quantitative estimate of drug-likeness (QED) is 0.492. The number of anilines is 2. The molecule has 0 saturated carbocycles. The second-order valence-electron chi connectivity index (χ2n) is 6.45. The number of halogens is 2. The number of rotatable bonds is 5. The van der Waals surface area contributed by atoms with E-state index in [0.29, 0.717) is 11.3 Å². The third-order valence-corrected chi connectivity index (χ3v) is 4.40. The van der Waals surface area contributed by atoms with E-state index in [1.165, 1.54) is 6.07 Å². The van der Waals surface area contributed by atoms with Gasteiger partial charge in [0.25, 0.3) is 0 Å². The van der Waals surface area contributed by atoms with E-state index >= 15 is 0 Å². The van der Waals surface area contributed by atoms with E-state index in [-0.39, 0.29) is 18.2 Å². The van der Waals surface area contributed by atoms with Crippen LogP contribution in [0.3, 0.4) is 0 Å². The predicted octanol–water partition coefficient (Wildman–Crippen LogP) is 5.36. The Bertz CT molecular complexity index is 1090. The number of aryl methyl sites for hydroxylation is 2. The minimum absolute atomic E-state index is 0. The van der Waals surface area contributed by atoms with Gasteiger partial charge in [0.2, 0.25) is 0 Å². The maximum absolute atomic E-state index is 14.7. The number of hydrogen-bond donors (Lipinski definition) is 1. The molecule has 144 valence electrons. The van der Waals surface area contributed by atoms with Gasteiger partial charge in [-0.05, 0) is 43.7 Å². The van der Waals surface area contributed by atoms with Crippen LogP contribution in [0.1, 0.15) is 24.7 Å². The highest BCUT2D eigenvalue weighted by atomic mass is 35.5. The molecule has 0 radical (unpaired) electrons. The van der Waals surface area contributed by atoms with Gasteiger partial charge in [-0.2, -0.15) is 0 Å². The van der Waals surface area contributed by atoms with Crippen molar-refractivity contribution in [3.05, 3.63) is 72.2 Å².